The van der Waals surface area contributed by atoms with Crippen LogP contribution >= 0.6 is 11.7 Å². The van der Waals surface area contributed by atoms with Crippen molar-refractivity contribution in [3.05, 3.63) is 88.0 Å². The zero-order valence-electron chi connectivity index (χ0n) is 19.2. The summed E-state index contributed by atoms with van der Waals surface area (Å²) in [4.78, 5) is 15.9. The molecule has 0 unspecified atom stereocenters. The van der Waals surface area contributed by atoms with Gasteiger partial charge in [0, 0.05) is 30.1 Å². The highest BCUT2D eigenvalue weighted by Gasteiger charge is 2.29. The predicted molar refractivity (Wildman–Crippen MR) is 136 cm³/mol. The van der Waals surface area contributed by atoms with Crippen molar-refractivity contribution < 1.29 is 22.3 Å². The molecule has 0 aliphatic carbocycles. The van der Waals surface area contributed by atoms with Crippen molar-refractivity contribution in [1.29, 1.82) is 0 Å². The van der Waals surface area contributed by atoms with Crippen LogP contribution in [0.1, 0.15) is 11.1 Å². The van der Waals surface area contributed by atoms with Crippen molar-refractivity contribution in [2.75, 3.05) is 13.2 Å². The zero-order valence-corrected chi connectivity index (χ0v) is 20.8. The van der Waals surface area contributed by atoms with Gasteiger partial charge in [0.15, 0.2) is 11.5 Å². The summed E-state index contributed by atoms with van der Waals surface area (Å²) in [5.74, 6) is 0.653. The Morgan fingerprint density at radius 2 is 1.73 bits per heavy atom. The third kappa shape index (κ3) is 4.43. The van der Waals surface area contributed by atoms with Gasteiger partial charge < -0.3 is 14.5 Å². The SMILES string of the molecule is O=c1[nH]c2cc3c(cc2cc1CN(Cc1ccc(F)cc1)S(=O)(=O)c1cccc2nsnc12)OCCO3. The highest BCUT2D eigenvalue weighted by molar-refractivity contribution is 7.89. The normalized spacial score (nSPS) is 13.5. The molecule has 3 aromatic carbocycles. The first-order valence-corrected chi connectivity index (χ1v) is 13.5. The molecule has 1 N–H and O–H groups in total. The number of hydrogen-bond acceptors (Lipinski definition) is 8. The quantitative estimate of drug-likeness (QED) is 0.349. The first kappa shape index (κ1) is 23.5. The second-order valence-electron chi connectivity index (χ2n) is 8.49. The lowest BCUT2D eigenvalue weighted by Gasteiger charge is -2.23. The van der Waals surface area contributed by atoms with E-state index in [1.807, 2.05) is 0 Å². The van der Waals surface area contributed by atoms with Crippen molar-refractivity contribution in [3.63, 3.8) is 0 Å². The first-order chi connectivity index (χ1) is 17.9. The first-order valence-electron chi connectivity index (χ1n) is 11.3. The average molecular weight is 539 g/mol. The van der Waals surface area contributed by atoms with Crippen LogP contribution in [0, 0.1) is 5.82 Å². The lowest BCUT2D eigenvalue weighted by Crippen LogP contribution is -2.32. The number of aromatic nitrogens is 3. The Morgan fingerprint density at radius 3 is 2.51 bits per heavy atom. The lowest BCUT2D eigenvalue weighted by molar-refractivity contribution is 0.172. The molecule has 0 radical (unpaired) electrons. The van der Waals surface area contributed by atoms with Gasteiger partial charge in [0.25, 0.3) is 5.56 Å². The molecule has 37 heavy (non-hydrogen) atoms. The molecule has 1 aliphatic heterocycles. The van der Waals surface area contributed by atoms with E-state index in [-0.39, 0.29) is 29.1 Å². The molecule has 1 aliphatic rings. The molecule has 0 bridgehead atoms. The van der Waals surface area contributed by atoms with Crippen molar-refractivity contribution in [1.82, 2.24) is 18.0 Å². The maximum absolute atomic E-state index is 13.9. The highest BCUT2D eigenvalue weighted by Crippen LogP contribution is 2.34. The van der Waals surface area contributed by atoms with Crippen molar-refractivity contribution in [3.8, 4) is 11.5 Å². The molecule has 0 atom stereocenters. The summed E-state index contributed by atoms with van der Waals surface area (Å²) in [7, 11) is -4.14. The van der Waals surface area contributed by atoms with Crippen LogP contribution in [0.15, 0.2) is 70.4 Å². The second kappa shape index (κ2) is 9.21. The van der Waals surface area contributed by atoms with Crippen LogP contribution in [0.3, 0.4) is 0 Å². The van der Waals surface area contributed by atoms with Gasteiger partial charge in [-0.15, -0.1) is 0 Å². The number of nitrogens with zero attached hydrogens (tertiary/aromatic N) is 3. The van der Waals surface area contributed by atoms with E-state index in [1.165, 1.54) is 34.6 Å². The molecule has 0 saturated carbocycles. The molecule has 0 amide bonds. The number of pyridine rings is 1. The van der Waals surface area contributed by atoms with Crippen LogP contribution in [0.4, 0.5) is 4.39 Å². The van der Waals surface area contributed by atoms with Gasteiger partial charge in [0.05, 0.1) is 17.2 Å². The van der Waals surface area contributed by atoms with Gasteiger partial charge in [0.2, 0.25) is 10.0 Å². The van der Waals surface area contributed by atoms with E-state index in [0.717, 1.165) is 11.7 Å². The number of sulfonamides is 1. The van der Waals surface area contributed by atoms with Gasteiger partial charge in [0.1, 0.15) is 35.0 Å². The summed E-state index contributed by atoms with van der Waals surface area (Å²) in [5.41, 5.74) is 1.63. The maximum atomic E-state index is 13.9. The smallest absolute Gasteiger partial charge is 0.252 e. The number of halogens is 1. The minimum Gasteiger partial charge on any atom is -0.486 e. The molecular formula is C25H19FN4O5S2. The van der Waals surface area contributed by atoms with E-state index >= 15 is 0 Å². The number of aromatic amines is 1. The standard InChI is InChI=1S/C25H19FN4O5S2/c26-18-6-4-15(5-7-18)13-30(37(32,33)23-3-1-2-19-24(23)29-36-28-19)14-17-10-16-11-21-22(35-9-8-34-21)12-20(16)27-25(17)31/h1-7,10-12H,8-9,13-14H2,(H,27,31). The molecule has 12 heteroatoms. The molecule has 0 spiro atoms. The third-order valence-corrected chi connectivity index (χ3v) is 8.44. The van der Waals surface area contributed by atoms with Crippen molar-refractivity contribution in [2.24, 2.45) is 0 Å². The van der Waals surface area contributed by atoms with Gasteiger partial charge in [-0.3, -0.25) is 4.79 Å². The fourth-order valence-electron chi connectivity index (χ4n) is 4.24. The third-order valence-electron chi connectivity index (χ3n) is 6.07. The number of hydrogen-bond donors (Lipinski definition) is 1. The molecule has 0 fully saturated rings. The summed E-state index contributed by atoms with van der Waals surface area (Å²) in [6, 6.07) is 15.4. The fourth-order valence-corrected chi connectivity index (χ4v) is 6.40. The molecule has 5 aromatic rings. The van der Waals surface area contributed by atoms with Gasteiger partial charge >= 0.3 is 0 Å². The number of ether oxygens (including phenoxy) is 2. The van der Waals surface area contributed by atoms with Crippen LogP contribution in [-0.4, -0.2) is 39.7 Å². The number of H-pyrrole nitrogens is 1. The Morgan fingerprint density at radius 1 is 0.973 bits per heavy atom. The van der Waals surface area contributed by atoms with Crippen LogP contribution in [-0.2, 0) is 23.1 Å². The Hall–Kier alpha value is -3.87. The van der Waals surface area contributed by atoms with Gasteiger partial charge in [-0.1, -0.05) is 18.2 Å². The van der Waals surface area contributed by atoms with Gasteiger partial charge in [-0.2, -0.15) is 13.1 Å². The monoisotopic (exact) mass is 538 g/mol. The number of rotatable bonds is 6. The van der Waals surface area contributed by atoms with Crippen LogP contribution in [0.25, 0.3) is 21.9 Å². The minimum absolute atomic E-state index is 0.0160. The van der Waals surface area contributed by atoms with Crippen LogP contribution < -0.4 is 15.0 Å². The Labute approximate surface area is 214 Å². The number of nitrogens with one attached hydrogen (secondary N) is 1. The van der Waals surface area contributed by atoms with Crippen molar-refractivity contribution >= 4 is 43.7 Å². The van der Waals surface area contributed by atoms with E-state index < -0.39 is 21.4 Å². The summed E-state index contributed by atoms with van der Waals surface area (Å²) in [6.07, 6.45) is 0. The average Bonchev–Trinajstić information content (AvgIpc) is 3.38. The van der Waals surface area contributed by atoms with Gasteiger partial charge in [-0.25, -0.2) is 12.8 Å². The molecule has 2 aromatic heterocycles. The maximum Gasteiger partial charge on any atom is 0.252 e. The molecular weight excluding hydrogens is 519 g/mol. The Kier molecular flexibility index (Phi) is 5.86. The summed E-state index contributed by atoms with van der Waals surface area (Å²) in [6.45, 7) is 0.510. The zero-order chi connectivity index (χ0) is 25.6. The summed E-state index contributed by atoms with van der Waals surface area (Å²) < 4.78 is 62.1. The Balaban J connectivity index is 1.44. The minimum atomic E-state index is -4.14. The predicted octanol–water partition coefficient (Wildman–Crippen LogP) is 3.83. The number of fused-ring (bicyclic) bond motifs is 3. The van der Waals surface area contributed by atoms with E-state index in [0.29, 0.717) is 46.7 Å². The molecule has 6 rings (SSSR count). The van der Waals surface area contributed by atoms with Crippen LogP contribution in [0.5, 0.6) is 11.5 Å². The van der Waals surface area contributed by atoms with E-state index in [2.05, 4.69) is 13.7 Å². The Bertz CT molecular complexity index is 1800. The topological polar surface area (TPSA) is 114 Å². The largest absolute Gasteiger partial charge is 0.486 e. The van der Waals surface area contributed by atoms with E-state index in [1.54, 1.807) is 30.3 Å². The highest BCUT2D eigenvalue weighted by atomic mass is 32.2. The second-order valence-corrected chi connectivity index (χ2v) is 10.9. The molecule has 9 nitrogen and oxygen atoms in total. The van der Waals surface area contributed by atoms with Crippen LogP contribution in [0.2, 0.25) is 0 Å². The summed E-state index contributed by atoms with van der Waals surface area (Å²) in [5, 5.41) is 0.670. The van der Waals surface area contributed by atoms with E-state index in [9.17, 15) is 17.6 Å². The summed E-state index contributed by atoms with van der Waals surface area (Å²) >= 11 is 0.918. The van der Waals surface area contributed by atoms with Gasteiger partial charge in [-0.05, 0) is 42.0 Å². The van der Waals surface area contributed by atoms with Crippen molar-refractivity contribution in [2.45, 2.75) is 18.0 Å². The molecule has 0 saturated heterocycles. The molecule has 3 heterocycles. The molecule has 188 valence electrons. The van der Waals surface area contributed by atoms with E-state index in [4.69, 9.17) is 9.47 Å². The fraction of sp³-hybridized carbons (Fsp3) is 0.160. The number of benzene rings is 3. The lowest BCUT2D eigenvalue weighted by atomic mass is 10.1.